The fourth-order valence-corrected chi connectivity index (χ4v) is 3.81. The van der Waals surface area contributed by atoms with Gasteiger partial charge in [-0.25, -0.2) is 4.68 Å². The fourth-order valence-electron chi connectivity index (χ4n) is 2.93. The predicted molar refractivity (Wildman–Crippen MR) is 129 cm³/mol. The van der Waals surface area contributed by atoms with E-state index in [2.05, 4.69) is 31.4 Å². The second-order valence-electron chi connectivity index (χ2n) is 6.90. The Hall–Kier alpha value is -3.01. The van der Waals surface area contributed by atoms with Crippen LogP contribution in [0.1, 0.15) is 16.1 Å². The first-order chi connectivity index (χ1) is 15.9. The number of carbonyl (C=O) groups is 1. The van der Waals surface area contributed by atoms with Crippen LogP contribution >= 0.6 is 39.1 Å². The van der Waals surface area contributed by atoms with Crippen LogP contribution in [0.25, 0.3) is 0 Å². The summed E-state index contributed by atoms with van der Waals surface area (Å²) in [6.45, 7) is 0.571. The van der Waals surface area contributed by atoms with Crippen LogP contribution < -0.4 is 14.8 Å². The molecule has 2 aromatic carbocycles. The number of rotatable bonds is 8. The SMILES string of the molecule is COc1ccc(OCn2ccc(C(=O)Nc3nn(Cc4ccc(Cl)cc4Cl)cc3Br)n2)cc1. The lowest BCUT2D eigenvalue weighted by atomic mass is 10.2. The Balaban J connectivity index is 1.37. The number of nitrogens with zero attached hydrogens (tertiary/aromatic N) is 4. The minimum atomic E-state index is -0.395. The molecule has 4 rings (SSSR count). The van der Waals surface area contributed by atoms with Crippen molar-refractivity contribution in [2.45, 2.75) is 13.3 Å². The van der Waals surface area contributed by atoms with Gasteiger partial charge in [0.15, 0.2) is 18.2 Å². The van der Waals surface area contributed by atoms with Crippen molar-refractivity contribution >= 4 is 50.9 Å². The number of methoxy groups -OCH3 is 1. The monoisotopic (exact) mass is 549 g/mol. The zero-order valence-electron chi connectivity index (χ0n) is 17.3. The Morgan fingerprint density at radius 1 is 1.06 bits per heavy atom. The van der Waals surface area contributed by atoms with Gasteiger partial charge in [-0.15, -0.1) is 0 Å². The maximum absolute atomic E-state index is 12.6. The summed E-state index contributed by atoms with van der Waals surface area (Å²) in [6, 6.07) is 14.1. The van der Waals surface area contributed by atoms with Crippen molar-refractivity contribution in [2.75, 3.05) is 12.4 Å². The quantitative estimate of drug-likeness (QED) is 0.313. The van der Waals surface area contributed by atoms with Gasteiger partial charge in [-0.3, -0.25) is 9.48 Å². The molecule has 0 aliphatic heterocycles. The highest BCUT2D eigenvalue weighted by Crippen LogP contribution is 2.25. The van der Waals surface area contributed by atoms with E-state index in [-0.39, 0.29) is 12.4 Å². The Labute approximate surface area is 208 Å². The number of amides is 1. The number of hydrogen-bond acceptors (Lipinski definition) is 5. The summed E-state index contributed by atoms with van der Waals surface area (Å²) in [5.74, 6) is 1.38. The summed E-state index contributed by atoms with van der Waals surface area (Å²) in [5.41, 5.74) is 1.08. The van der Waals surface area contributed by atoms with Gasteiger partial charge < -0.3 is 14.8 Å². The fraction of sp³-hybridized carbons (Fsp3) is 0.136. The molecular weight excluding hydrogens is 533 g/mol. The van der Waals surface area contributed by atoms with Gasteiger partial charge in [0.1, 0.15) is 11.5 Å². The molecule has 4 aromatic rings. The van der Waals surface area contributed by atoms with Crippen molar-refractivity contribution in [3.8, 4) is 11.5 Å². The van der Waals surface area contributed by atoms with E-state index >= 15 is 0 Å². The molecule has 0 aliphatic carbocycles. The van der Waals surface area contributed by atoms with Crippen LogP contribution in [0.3, 0.4) is 0 Å². The number of benzene rings is 2. The number of carbonyl (C=O) groups excluding carboxylic acids is 1. The molecule has 0 bridgehead atoms. The number of halogens is 3. The van der Waals surface area contributed by atoms with Gasteiger partial charge in [-0.1, -0.05) is 29.3 Å². The van der Waals surface area contributed by atoms with Gasteiger partial charge in [-0.05, 0) is 64.0 Å². The van der Waals surface area contributed by atoms with Crippen LogP contribution in [0, 0.1) is 0 Å². The van der Waals surface area contributed by atoms with Gasteiger partial charge in [0.05, 0.1) is 18.1 Å². The summed E-state index contributed by atoms with van der Waals surface area (Å²) in [6.07, 6.45) is 3.41. The second kappa shape index (κ2) is 10.3. The third kappa shape index (κ3) is 5.87. The summed E-state index contributed by atoms with van der Waals surface area (Å²) in [5, 5.41) is 12.5. The first-order valence-electron chi connectivity index (χ1n) is 9.70. The zero-order chi connectivity index (χ0) is 23.4. The van der Waals surface area contributed by atoms with E-state index in [0.717, 1.165) is 11.3 Å². The van der Waals surface area contributed by atoms with Gasteiger partial charge in [0, 0.05) is 22.4 Å². The summed E-state index contributed by atoms with van der Waals surface area (Å²) in [4.78, 5) is 12.6. The number of anilines is 1. The summed E-state index contributed by atoms with van der Waals surface area (Å²) < 4.78 is 14.6. The predicted octanol–water partition coefficient (Wildman–Crippen LogP) is 5.49. The second-order valence-corrected chi connectivity index (χ2v) is 8.60. The van der Waals surface area contributed by atoms with Crippen molar-refractivity contribution in [1.29, 1.82) is 0 Å². The van der Waals surface area contributed by atoms with Crippen LogP contribution in [-0.4, -0.2) is 32.6 Å². The van der Waals surface area contributed by atoms with Crippen molar-refractivity contribution in [3.05, 3.63) is 86.7 Å². The molecule has 1 N–H and O–H groups in total. The molecule has 170 valence electrons. The van der Waals surface area contributed by atoms with E-state index in [9.17, 15) is 4.79 Å². The van der Waals surface area contributed by atoms with E-state index in [1.54, 1.807) is 66.6 Å². The molecule has 8 nitrogen and oxygen atoms in total. The van der Waals surface area contributed by atoms with Crippen LogP contribution in [0.2, 0.25) is 10.0 Å². The van der Waals surface area contributed by atoms with Gasteiger partial charge >= 0.3 is 0 Å². The number of hydrogen-bond donors (Lipinski definition) is 1. The molecule has 2 aromatic heterocycles. The standard InChI is InChI=1S/C22H18BrCl2N5O3/c1-32-16-4-6-17(7-5-16)33-13-29-9-8-20(27-29)22(31)26-21-18(23)12-30(28-21)11-14-2-3-15(24)10-19(14)25/h2-10,12H,11,13H2,1H3,(H,26,28,31). The van der Waals surface area contributed by atoms with E-state index in [4.69, 9.17) is 32.7 Å². The van der Waals surface area contributed by atoms with Gasteiger partial charge in [0.25, 0.3) is 5.91 Å². The molecule has 0 atom stereocenters. The average molecular weight is 551 g/mol. The van der Waals surface area contributed by atoms with Gasteiger partial charge in [0.2, 0.25) is 0 Å². The maximum atomic E-state index is 12.6. The molecule has 0 aliphatic rings. The van der Waals surface area contributed by atoms with Crippen molar-refractivity contribution in [2.24, 2.45) is 0 Å². The molecule has 1 amide bonds. The van der Waals surface area contributed by atoms with Crippen LogP contribution in [-0.2, 0) is 13.3 Å². The molecule has 0 radical (unpaired) electrons. The van der Waals surface area contributed by atoms with Crippen LogP contribution in [0.5, 0.6) is 11.5 Å². The highest BCUT2D eigenvalue weighted by atomic mass is 79.9. The maximum Gasteiger partial charge on any atom is 0.277 e. The molecule has 0 unspecified atom stereocenters. The number of ether oxygens (including phenoxy) is 2. The van der Waals surface area contributed by atoms with E-state index in [0.29, 0.717) is 32.6 Å². The topological polar surface area (TPSA) is 83.2 Å². The number of aromatic nitrogens is 4. The molecule has 0 fully saturated rings. The molecule has 0 saturated heterocycles. The Morgan fingerprint density at radius 3 is 2.55 bits per heavy atom. The van der Waals surface area contributed by atoms with Crippen molar-refractivity contribution < 1.29 is 14.3 Å². The molecule has 2 heterocycles. The third-order valence-corrected chi connectivity index (χ3v) is 5.76. The van der Waals surface area contributed by atoms with E-state index in [1.165, 1.54) is 4.68 Å². The Morgan fingerprint density at radius 2 is 1.82 bits per heavy atom. The molecular formula is C22H18BrCl2N5O3. The Kier molecular flexibility index (Phi) is 7.22. The molecule has 0 saturated carbocycles. The van der Waals surface area contributed by atoms with Crippen molar-refractivity contribution in [1.82, 2.24) is 19.6 Å². The highest BCUT2D eigenvalue weighted by Gasteiger charge is 2.15. The first-order valence-corrected chi connectivity index (χ1v) is 11.2. The van der Waals surface area contributed by atoms with Gasteiger partial charge in [-0.2, -0.15) is 10.2 Å². The molecule has 0 spiro atoms. The minimum Gasteiger partial charge on any atom is -0.497 e. The third-order valence-electron chi connectivity index (χ3n) is 4.59. The van der Waals surface area contributed by atoms with E-state index in [1.807, 2.05) is 6.07 Å². The lowest BCUT2D eigenvalue weighted by Gasteiger charge is -2.07. The van der Waals surface area contributed by atoms with Crippen LogP contribution in [0.4, 0.5) is 5.82 Å². The molecule has 11 heteroatoms. The lowest BCUT2D eigenvalue weighted by molar-refractivity contribution is 0.101. The minimum absolute atomic E-state index is 0.153. The first kappa shape index (κ1) is 23.2. The largest absolute Gasteiger partial charge is 0.497 e. The summed E-state index contributed by atoms with van der Waals surface area (Å²) >= 11 is 15.6. The summed E-state index contributed by atoms with van der Waals surface area (Å²) in [7, 11) is 1.60. The van der Waals surface area contributed by atoms with Crippen molar-refractivity contribution in [3.63, 3.8) is 0 Å². The Bertz CT molecular complexity index is 1270. The van der Waals surface area contributed by atoms with Crippen LogP contribution in [0.15, 0.2) is 65.4 Å². The van der Waals surface area contributed by atoms with E-state index < -0.39 is 5.91 Å². The zero-order valence-corrected chi connectivity index (χ0v) is 20.4. The normalized spacial score (nSPS) is 10.8. The lowest BCUT2D eigenvalue weighted by Crippen LogP contribution is -2.15. The number of nitrogens with one attached hydrogen (secondary N) is 1. The molecule has 33 heavy (non-hydrogen) atoms. The smallest absolute Gasteiger partial charge is 0.277 e. The average Bonchev–Trinajstić information content (AvgIpc) is 3.41. The highest BCUT2D eigenvalue weighted by molar-refractivity contribution is 9.10.